The second-order valence-electron chi connectivity index (χ2n) is 7.27. The molecule has 0 unspecified atom stereocenters. The third kappa shape index (κ3) is 3.16. The number of rotatable bonds is 3. The number of carbonyl (C=O) groups excluding carboxylic acids is 1. The fraction of sp³-hybridized carbons (Fsp3) is 0.400. The van der Waals surface area contributed by atoms with Crippen LogP contribution >= 0.6 is 11.6 Å². The quantitative estimate of drug-likeness (QED) is 0.793. The number of aromatic nitrogens is 1. The molecular formula is C20H21ClN2O2. The number of ketones is 1. The smallest absolute Gasteiger partial charge is 0.250 e. The number of hydrogen-bond acceptors (Lipinski definition) is 3. The lowest BCUT2D eigenvalue weighted by Gasteiger charge is -2.42. The number of benzene rings is 1. The van der Waals surface area contributed by atoms with Crippen LogP contribution in [0.25, 0.3) is 0 Å². The summed E-state index contributed by atoms with van der Waals surface area (Å²) in [5.74, 6) is 0.908. The molecule has 0 radical (unpaired) electrons. The number of Topliss-reactive ketones (excluding diaryl/α,β-unsaturated/α-hetero) is 1. The Morgan fingerprint density at radius 2 is 2.04 bits per heavy atom. The molecule has 3 heterocycles. The lowest BCUT2D eigenvalue weighted by molar-refractivity contribution is 0.0817. The summed E-state index contributed by atoms with van der Waals surface area (Å²) in [4.78, 5) is 27.1. The van der Waals surface area contributed by atoms with E-state index in [0.717, 1.165) is 42.9 Å². The summed E-state index contributed by atoms with van der Waals surface area (Å²) in [6.07, 6.45) is 1.11. The van der Waals surface area contributed by atoms with Crippen LogP contribution in [0, 0.1) is 12.8 Å². The van der Waals surface area contributed by atoms with E-state index in [1.54, 1.807) is 12.1 Å². The van der Waals surface area contributed by atoms with Gasteiger partial charge in [-0.1, -0.05) is 17.7 Å². The van der Waals surface area contributed by atoms with Crippen LogP contribution in [-0.2, 0) is 6.54 Å². The predicted molar refractivity (Wildman–Crippen MR) is 98.5 cm³/mol. The third-order valence-electron chi connectivity index (χ3n) is 5.41. The first-order valence-corrected chi connectivity index (χ1v) is 9.10. The minimum absolute atomic E-state index is 0.0912. The highest BCUT2D eigenvalue weighted by Gasteiger charge is 2.35. The average Bonchev–Trinajstić information content (AvgIpc) is 2.55. The van der Waals surface area contributed by atoms with E-state index >= 15 is 0 Å². The van der Waals surface area contributed by atoms with Crippen LogP contribution in [0.2, 0.25) is 5.02 Å². The van der Waals surface area contributed by atoms with Crippen LogP contribution in [-0.4, -0.2) is 34.9 Å². The van der Waals surface area contributed by atoms with Gasteiger partial charge in [-0.15, -0.1) is 0 Å². The van der Waals surface area contributed by atoms with Gasteiger partial charge in [0.25, 0.3) is 5.56 Å². The Bertz CT molecular complexity index is 890. The molecule has 4 rings (SSSR count). The third-order valence-corrected chi connectivity index (χ3v) is 5.65. The van der Waals surface area contributed by atoms with Gasteiger partial charge < -0.3 is 4.57 Å². The van der Waals surface area contributed by atoms with Crippen LogP contribution in [0.3, 0.4) is 0 Å². The van der Waals surface area contributed by atoms with Crippen LogP contribution in [0.1, 0.15) is 34.0 Å². The van der Waals surface area contributed by atoms with E-state index in [4.69, 9.17) is 11.6 Å². The van der Waals surface area contributed by atoms with Crippen molar-refractivity contribution in [3.63, 3.8) is 0 Å². The number of hydrogen-bond donors (Lipinski definition) is 0. The molecule has 0 amide bonds. The van der Waals surface area contributed by atoms with Crippen molar-refractivity contribution in [2.75, 3.05) is 19.6 Å². The molecule has 1 aromatic carbocycles. The molecule has 2 bridgehead atoms. The number of nitrogens with zero attached hydrogens (tertiary/aromatic N) is 2. The van der Waals surface area contributed by atoms with E-state index in [0.29, 0.717) is 23.4 Å². The zero-order valence-corrected chi connectivity index (χ0v) is 15.0. The lowest BCUT2D eigenvalue weighted by atomic mass is 9.83. The minimum atomic E-state index is 0.0912. The van der Waals surface area contributed by atoms with E-state index < -0.39 is 0 Å². The molecule has 5 heteroatoms. The second kappa shape index (κ2) is 6.43. The Hall–Kier alpha value is -1.91. The molecule has 0 aliphatic carbocycles. The normalized spacial score (nSPS) is 22.5. The van der Waals surface area contributed by atoms with Gasteiger partial charge in [-0.25, -0.2) is 0 Å². The minimum Gasteiger partial charge on any atom is -0.312 e. The van der Waals surface area contributed by atoms with Gasteiger partial charge >= 0.3 is 0 Å². The van der Waals surface area contributed by atoms with Crippen molar-refractivity contribution in [2.45, 2.75) is 25.8 Å². The first-order valence-electron chi connectivity index (χ1n) is 8.72. The number of pyridine rings is 1. The van der Waals surface area contributed by atoms with Crippen LogP contribution in [0.15, 0.2) is 41.2 Å². The van der Waals surface area contributed by atoms with Gasteiger partial charge in [0.15, 0.2) is 5.78 Å². The summed E-state index contributed by atoms with van der Waals surface area (Å²) in [7, 11) is 0. The molecule has 2 aromatic rings. The number of aryl methyl sites for hydroxylation is 1. The van der Waals surface area contributed by atoms with Gasteiger partial charge in [0.1, 0.15) is 0 Å². The summed E-state index contributed by atoms with van der Waals surface area (Å²) < 4.78 is 1.92. The largest absolute Gasteiger partial charge is 0.312 e. The first kappa shape index (κ1) is 16.6. The van der Waals surface area contributed by atoms with Crippen LogP contribution in [0.5, 0.6) is 0 Å². The fourth-order valence-electron chi connectivity index (χ4n) is 4.35. The summed E-state index contributed by atoms with van der Waals surface area (Å²) in [5, 5.41) is 0.656. The molecule has 4 nitrogen and oxygen atoms in total. The highest BCUT2D eigenvalue weighted by molar-refractivity contribution is 6.30. The van der Waals surface area contributed by atoms with E-state index in [9.17, 15) is 9.59 Å². The highest BCUT2D eigenvalue weighted by Crippen LogP contribution is 2.34. The topological polar surface area (TPSA) is 42.3 Å². The van der Waals surface area contributed by atoms with E-state index in [2.05, 4.69) is 11.0 Å². The monoisotopic (exact) mass is 356 g/mol. The number of carbonyl (C=O) groups is 1. The summed E-state index contributed by atoms with van der Waals surface area (Å²) in [5.41, 5.74) is 2.88. The lowest BCUT2D eigenvalue weighted by Crippen LogP contribution is -2.48. The van der Waals surface area contributed by atoms with E-state index in [-0.39, 0.29) is 11.3 Å². The maximum Gasteiger partial charge on any atom is 0.250 e. The van der Waals surface area contributed by atoms with Crippen molar-refractivity contribution >= 4 is 17.4 Å². The Morgan fingerprint density at radius 1 is 1.20 bits per heavy atom. The number of piperidine rings is 1. The summed E-state index contributed by atoms with van der Waals surface area (Å²) in [6.45, 7) is 4.81. The van der Waals surface area contributed by atoms with E-state index in [1.165, 1.54) is 0 Å². The molecule has 130 valence electrons. The SMILES string of the molecule is Cc1cc(Cl)ccc1C(=O)CN1C[C@@H]2C[C@H](C1)c1cccc(=O)n1C2. The molecule has 2 aliphatic rings. The molecule has 0 N–H and O–H groups in total. The predicted octanol–water partition coefficient (Wildman–Crippen LogP) is 3.11. The molecule has 2 aliphatic heterocycles. The Morgan fingerprint density at radius 3 is 2.84 bits per heavy atom. The van der Waals surface area contributed by atoms with Gasteiger partial charge in [-0.2, -0.15) is 0 Å². The van der Waals surface area contributed by atoms with Gasteiger partial charge in [0.2, 0.25) is 0 Å². The zero-order valence-electron chi connectivity index (χ0n) is 14.2. The zero-order chi connectivity index (χ0) is 17.6. The molecule has 25 heavy (non-hydrogen) atoms. The average molecular weight is 357 g/mol. The fourth-order valence-corrected chi connectivity index (χ4v) is 4.58. The van der Waals surface area contributed by atoms with Gasteiger partial charge in [-0.05, 0) is 49.1 Å². The van der Waals surface area contributed by atoms with Crippen molar-refractivity contribution in [2.24, 2.45) is 5.92 Å². The van der Waals surface area contributed by atoms with Crippen molar-refractivity contribution in [1.29, 1.82) is 0 Å². The Balaban J connectivity index is 1.53. The van der Waals surface area contributed by atoms with Crippen molar-refractivity contribution < 1.29 is 4.79 Å². The summed E-state index contributed by atoms with van der Waals surface area (Å²) >= 11 is 5.99. The molecule has 0 spiro atoms. The number of likely N-dealkylation sites (tertiary alicyclic amines) is 1. The van der Waals surface area contributed by atoms with Crippen LogP contribution < -0.4 is 5.56 Å². The molecule has 1 saturated heterocycles. The molecule has 1 fully saturated rings. The summed E-state index contributed by atoms with van der Waals surface area (Å²) in [6, 6.07) is 11.0. The van der Waals surface area contributed by atoms with Gasteiger partial charge in [0, 0.05) is 47.9 Å². The molecular weight excluding hydrogens is 336 g/mol. The van der Waals surface area contributed by atoms with Gasteiger partial charge in [-0.3, -0.25) is 14.5 Å². The Labute approximate surface area is 152 Å². The van der Waals surface area contributed by atoms with Crippen molar-refractivity contribution in [1.82, 2.24) is 9.47 Å². The maximum absolute atomic E-state index is 12.7. The highest BCUT2D eigenvalue weighted by atomic mass is 35.5. The van der Waals surface area contributed by atoms with Crippen LogP contribution in [0.4, 0.5) is 0 Å². The first-order chi connectivity index (χ1) is 12.0. The number of fused-ring (bicyclic) bond motifs is 4. The molecule has 1 aromatic heterocycles. The van der Waals surface area contributed by atoms with Gasteiger partial charge in [0.05, 0.1) is 6.54 Å². The molecule has 2 atom stereocenters. The number of halogens is 1. The molecule has 0 saturated carbocycles. The maximum atomic E-state index is 12.7. The second-order valence-corrected chi connectivity index (χ2v) is 7.71. The van der Waals surface area contributed by atoms with Crippen molar-refractivity contribution in [3.8, 4) is 0 Å². The van der Waals surface area contributed by atoms with Crippen molar-refractivity contribution in [3.05, 3.63) is 68.6 Å². The standard InChI is InChI=1S/C20H21ClN2O2/c1-13-7-16(21)5-6-17(13)19(24)12-22-9-14-8-15(11-22)18-3-2-4-20(25)23(18)10-14/h2-7,14-15H,8-12H2,1H3/t14-,15+/m0/s1. The van der Waals surface area contributed by atoms with E-state index in [1.807, 2.05) is 29.7 Å². The Kier molecular flexibility index (Phi) is 4.26.